The Bertz CT molecular complexity index is 3530. The third-order valence-corrected chi connectivity index (χ3v) is 11.7. The number of para-hydroxylation sites is 4. The van der Waals surface area contributed by atoms with Gasteiger partial charge >= 0.3 is 0 Å². The first-order chi connectivity index (χ1) is 28.3. The molecule has 0 aliphatic heterocycles. The first-order valence-electron chi connectivity index (χ1n) is 19.5. The van der Waals surface area contributed by atoms with Gasteiger partial charge in [-0.3, -0.25) is 0 Å². The molecule has 0 aliphatic rings. The van der Waals surface area contributed by atoms with Crippen LogP contribution in [0, 0.1) is 0 Å². The molecule has 9 aromatic carbocycles. The molecule has 0 N–H and O–H groups in total. The Balaban J connectivity index is 0.989. The lowest BCUT2D eigenvalue weighted by Gasteiger charge is -2.11. The van der Waals surface area contributed by atoms with Crippen LogP contribution in [0.25, 0.3) is 110 Å². The van der Waals surface area contributed by atoms with Crippen molar-refractivity contribution in [1.82, 2.24) is 9.13 Å². The molecule has 0 aliphatic carbocycles. The molecule has 0 bridgehead atoms. The molecule has 3 heterocycles. The number of fused-ring (bicyclic) bond motifs is 9. The molecule has 12 aromatic rings. The predicted molar refractivity (Wildman–Crippen MR) is 239 cm³/mol. The first-order valence-corrected chi connectivity index (χ1v) is 19.5. The molecule has 266 valence electrons. The second kappa shape index (κ2) is 12.5. The monoisotopic (exact) mass is 726 g/mol. The molecule has 0 amide bonds. The van der Waals surface area contributed by atoms with Gasteiger partial charge in [-0.25, -0.2) is 0 Å². The second-order valence-electron chi connectivity index (χ2n) is 14.9. The molecule has 0 unspecified atom stereocenters. The second-order valence-corrected chi connectivity index (χ2v) is 14.9. The average Bonchev–Trinajstić information content (AvgIpc) is 3.94. The van der Waals surface area contributed by atoms with Gasteiger partial charge in [0.2, 0.25) is 0 Å². The van der Waals surface area contributed by atoms with E-state index in [0.717, 1.165) is 44.4 Å². The van der Waals surface area contributed by atoms with Gasteiger partial charge in [0, 0.05) is 49.3 Å². The Morgan fingerprint density at radius 1 is 0.281 bits per heavy atom. The molecule has 57 heavy (non-hydrogen) atoms. The molecule has 0 atom stereocenters. The van der Waals surface area contributed by atoms with Gasteiger partial charge in [0.25, 0.3) is 0 Å². The highest BCUT2D eigenvalue weighted by Gasteiger charge is 2.18. The number of hydrogen-bond acceptors (Lipinski definition) is 1. The van der Waals surface area contributed by atoms with Crippen LogP contribution in [-0.4, -0.2) is 9.13 Å². The number of benzene rings is 9. The summed E-state index contributed by atoms with van der Waals surface area (Å²) in [5.41, 5.74) is 15.9. The van der Waals surface area contributed by atoms with E-state index in [9.17, 15) is 0 Å². The molecule has 3 heteroatoms. The Morgan fingerprint density at radius 2 is 0.754 bits per heavy atom. The molecule has 0 spiro atoms. The summed E-state index contributed by atoms with van der Waals surface area (Å²) in [6.07, 6.45) is 0. The van der Waals surface area contributed by atoms with Crippen molar-refractivity contribution < 1.29 is 4.42 Å². The third-order valence-electron chi connectivity index (χ3n) is 11.7. The molecular weight excluding hydrogens is 693 g/mol. The predicted octanol–water partition coefficient (Wildman–Crippen LogP) is 14.8. The zero-order valence-electron chi connectivity index (χ0n) is 30.9. The van der Waals surface area contributed by atoms with E-state index in [4.69, 9.17) is 4.42 Å². The van der Waals surface area contributed by atoms with Crippen LogP contribution < -0.4 is 0 Å². The zero-order valence-corrected chi connectivity index (χ0v) is 30.9. The van der Waals surface area contributed by atoms with Gasteiger partial charge in [-0.05, 0) is 94.5 Å². The third kappa shape index (κ3) is 4.92. The number of hydrogen-bond donors (Lipinski definition) is 0. The van der Waals surface area contributed by atoms with Crippen LogP contribution in [-0.2, 0) is 0 Å². The van der Waals surface area contributed by atoms with Gasteiger partial charge in [-0.2, -0.15) is 0 Å². The lowest BCUT2D eigenvalue weighted by Crippen LogP contribution is -1.94. The molecule has 3 aromatic heterocycles. The van der Waals surface area contributed by atoms with Gasteiger partial charge in [0.1, 0.15) is 11.2 Å². The van der Waals surface area contributed by atoms with Crippen LogP contribution in [0.2, 0.25) is 0 Å². The summed E-state index contributed by atoms with van der Waals surface area (Å²) in [6.45, 7) is 0. The summed E-state index contributed by atoms with van der Waals surface area (Å²) in [5, 5.41) is 7.23. The maximum Gasteiger partial charge on any atom is 0.143 e. The first kappa shape index (κ1) is 31.7. The van der Waals surface area contributed by atoms with E-state index >= 15 is 0 Å². The Labute approximate surface area is 328 Å². The summed E-state index contributed by atoms with van der Waals surface area (Å²) in [5.74, 6) is 0. The number of nitrogens with zero attached hydrogens (tertiary/aromatic N) is 2. The van der Waals surface area contributed by atoms with Gasteiger partial charge in [-0.15, -0.1) is 0 Å². The van der Waals surface area contributed by atoms with Crippen molar-refractivity contribution in [3.63, 3.8) is 0 Å². The molecule has 3 nitrogen and oxygen atoms in total. The lowest BCUT2D eigenvalue weighted by molar-refractivity contribution is 0.670. The van der Waals surface area contributed by atoms with Crippen molar-refractivity contribution in [2.75, 3.05) is 0 Å². The highest BCUT2D eigenvalue weighted by Crippen LogP contribution is 2.40. The van der Waals surface area contributed by atoms with Crippen molar-refractivity contribution in [3.05, 3.63) is 206 Å². The fourth-order valence-corrected chi connectivity index (χ4v) is 9.10. The lowest BCUT2D eigenvalue weighted by atomic mass is 10.0. The summed E-state index contributed by atoms with van der Waals surface area (Å²) >= 11 is 0. The van der Waals surface area contributed by atoms with E-state index in [1.165, 1.54) is 65.9 Å². The van der Waals surface area contributed by atoms with Gasteiger partial charge in [0.15, 0.2) is 0 Å². The van der Waals surface area contributed by atoms with Gasteiger partial charge in [-0.1, -0.05) is 140 Å². The van der Waals surface area contributed by atoms with Crippen molar-refractivity contribution in [1.29, 1.82) is 0 Å². The Kier molecular flexibility index (Phi) is 6.93. The Morgan fingerprint density at radius 3 is 1.42 bits per heavy atom. The highest BCUT2D eigenvalue weighted by molar-refractivity contribution is 6.13. The van der Waals surface area contributed by atoms with Crippen LogP contribution in [0.15, 0.2) is 211 Å². The standard InChI is InChI=1S/C54H34N2O/c1-2-13-35(14-3-1)36-15-10-17-40(31-36)55-49-24-7-4-19-43(49)47-33-37(27-29-51(47)55)38-28-30-52-48(34-38)44-20-5-8-25-50(44)56(52)41-18-11-16-39(32-41)42-22-12-23-46-45-21-6-9-26-53(45)57-54(42)46/h1-34H. The summed E-state index contributed by atoms with van der Waals surface area (Å²) in [7, 11) is 0. The number of furan rings is 1. The van der Waals surface area contributed by atoms with E-state index in [0.29, 0.717) is 0 Å². The van der Waals surface area contributed by atoms with Crippen molar-refractivity contribution in [2.45, 2.75) is 0 Å². The molecule has 0 saturated heterocycles. The SMILES string of the molecule is c1ccc(-c2cccc(-n3c4ccccc4c4cc(-c5ccc6c(c5)c5ccccc5n6-c5cccc(-c6cccc7c6oc6ccccc67)c5)ccc43)c2)cc1. The summed E-state index contributed by atoms with van der Waals surface area (Å²) < 4.78 is 11.3. The number of rotatable bonds is 5. The minimum Gasteiger partial charge on any atom is -0.455 e. The molecule has 12 rings (SSSR count). The van der Waals surface area contributed by atoms with Crippen LogP contribution in [0.5, 0.6) is 0 Å². The van der Waals surface area contributed by atoms with E-state index < -0.39 is 0 Å². The van der Waals surface area contributed by atoms with Gasteiger partial charge < -0.3 is 13.6 Å². The topological polar surface area (TPSA) is 23.0 Å². The largest absolute Gasteiger partial charge is 0.455 e. The van der Waals surface area contributed by atoms with Crippen LogP contribution in [0.3, 0.4) is 0 Å². The molecule has 0 fully saturated rings. The fourth-order valence-electron chi connectivity index (χ4n) is 9.10. The maximum atomic E-state index is 6.45. The number of aromatic nitrogens is 2. The minimum atomic E-state index is 0.910. The maximum absolute atomic E-state index is 6.45. The van der Waals surface area contributed by atoms with Crippen molar-refractivity contribution in [2.24, 2.45) is 0 Å². The van der Waals surface area contributed by atoms with E-state index in [1.54, 1.807) is 0 Å². The summed E-state index contributed by atoms with van der Waals surface area (Å²) in [4.78, 5) is 0. The van der Waals surface area contributed by atoms with Gasteiger partial charge in [0.05, 0.1) is 22.1 Å². The molecule has 0 radical (unpaired) electrons. The van der Waals surface area contributed by atoms with Crippen LogP contribution >= 0.6 is 0 Å². The highest BCUT2D eigenvalue weighted by atomic mass is 16.3. The van der Waals surface area contributed by atoms with E-state index in [-0.39, 0.29) is 0 Å². The smallest absolute Gasteiger partial charge is 0.143 e. The molecule has 0 saturated carbocycles. The summed E-state index contributed by atoms with van der Waals surface area (Å²) in [6, 6.07) is 74.5. The quantitative estimate of drug-likeness (QED) is 0.173. The van der Waals surface area contributed by atoms with Crippen LogP contribution in [0.1, 0.15) is 0 Å². The van der Waals surface area contributed by atoms with E-state index in [1.807, 2.05) is 12.1 Å². The minimum absolute atomic E-state index is 0.910. The Hall–Kier alpha value is -7.62. The fraction of sp³-hybridized carbons (Fsp3) is 0. The normalized spacial score (nSPS) is 11.9. The molecular formula is C54H34N2O. The van der Waals surface area contributed by atoms with Crippen LogP contribution in [0.4, 0.5) is 0 Å². The zero-order chi connectivity index (χ0) is 37.5. The average molecular weight is 727 g/mol. The van der Waals surface area contributed by atoms with Crippen molar-refractivity contribution >= 4 is 65.6 Å². The van der Waals surface area contributed by atoms with Crippen molar-refractivity contribution in [3.8, 4) is 44.8 Å². The van der Waals surface area contributed by atoms with E-state index in [2.05, 4.69) is 203 Å².